The van der Waals surface area contributed by atoms with E-state index in [2.05, 4.69) is 0 Å². The Morgan fingerprint density at radius 2 is 1.74 bits per heavy atom. The molecule has 0 atom stereocenters. The molecule has 1 heterocycles. The molecule has 0 amide bonds. The molecule has 2 aromatic rings. The molecule has 1 N–H and O–H groups in total. The standard InChI is InChI=1S/C18H14F3N3O7/c1-22-10-5-8(15(27)14-12(25)3-2-4-13(14)26)11(24(30)31)6-9(10)16(28)23(17(22)29)7-18(19,20)21/h5-6,27H,2-4,7H2,1H3. The Balaban J connectivity index is 2.41. The van der Waals surface area contributed by atoms with Gasteiger partial charge in [-0.15, -0.1) is 0 Å². The van der Waals surface area contributed by atoms with Gasteiger partial charge in [0, 0.05) is 26.0 Å². The number of benzene rings is 1. The number of ketones is 2. The highest BCUT2D eigenvalue weighted by atomic mass is 19.4. The normalized spacial score (nSPS) is 14.9. The predicted octanol–water partition coefficient (Wildman–Crippen LogP) is 1.76. The van der Waals surface area contributed by atoms with Gasteiger partial charge in [0.1, 0.15) is 17.9 Å². The van der Waals surface area contributed by atoms with Crippen LogP contribution in [0, 0.1) is 10.1 Å². The van der Waals surface area contributed by atoms with Crippen molar-refractivity contribution in [1.82, 2.24) is 9.13 Å². The maximum absolute atomic E-state index is 12.8. The van der Waals surface area contributed by atoms with Crippen molar-refractivity contribution in [3.05, 3.63) is 54.2 Å². The molecule has 1 fully saturated rings. The van der Waals surface area contributed by atoms with Crippen LogP contribution in [0.15, 0.2) is 27.3 Å². The number of nitro benzene ring substituents is 1. The van der Waals surface area contributed by atoms with E-state index in [4.69, 9.17) is 0 Å². The van der Waals surface area contributed by atoms with Gasteiger partial charge in [-0.2, -0.15) is 13.2 Å². The summed E-state index contributed by atoms with van der Waals surface area (Å²) in [7, 11) is 1.04. The number of carbonyl (C=O) groups excluding carboxylic acids is 2. The molecule has 0 saturated heterocycles. The third-order valence-corrected chi connectivity index (χ3v) is 4.86. The van der Waals surface area contributed by atoms with Crippen LogP contribution in [0.25, 0.3) is 16.7 Å². The summed E-state index contributed by atoms with van der Waals surface area (Å²) in [5.41, 5.74) is -5.24. The first-order chi connectivity index (χ1) is 14.3. The molecule has 3 rings (SSSR count). The van der Waals surface area contributed by atoms with Gasteiger partial charge >= 0.3 is 11.9 Å². The molecule has 0 spiro atoms. The van der Waals surface area contributed by atoms with Crippen LogP contribution in [-0.2, 0) is 23.2 Å². The molecular formula is C18H14F3N3O7. The van der Waals surface area contributed by atoms with E-state index in [-0.39, 0.29) is 29.3 Å². The minimum atomic E-state index is -4.90. The van der Waals surface area contributed by atoms with Crippen LogP contribution in [0.2, 0.25) is 0 Å². The topological polar surface area (TPSA) is 142 Å². The zero-order valence-corrected chi connectivity index (χ0v) is 15.9. The van der Waals surface area contributed by atoms with Crippen molar-refractivity contribution in [3.8, 4) is 0 Å². The van der Waals surface area contributed by atoms with E-state index >= 15 is 0 Å². The van der Waals surface area contributed by atoms with E-state index in [1.165, 1.54) is 0 Å². The number of Topliss-reactive ketones (excluding diaryl/α,β-unsaturated/α-hetero) is 2. The van der Waals surface area contributed by atoms with Crippen LogP contribution in [0.1, 0.15) is 24.8 Å². The highest BCUT2D eigenvalue weighted by Gasteiger charge is 2.33. The number of aliphatic hydroxyl groups excluding tert-OH is 1. The molecule has 1 aromatic carbocycles. The second kappa shape index (κ2) is 7.49. The molecular weight excluding hydrogens is 427 g/mol. The summed E-state index contributed by atoms with van der Waals surface area (Å²) in [4.78, 5) is 59.5. The Kier molecular flexibility index (Phi) is 5.29. The lowest BCUT2D eigenvalue weighted by Gasteiger charge is -2.16. The number of fused-ring (bicyclic) bond motifs is 1. The van der Waals surface area contributed by atoms with Gasteiger partial charge in [0.05, 0.1) is 21.4 Å². The third-order valence-electron chi connectivity index (χ3n) is 4.86. The first-order valence-electron chi connectivity index (χ1n) is 8.82. The number of rotatable bonds is 3. The van der Waals surface area contributed by atoms with Gasteiger partial charge in [0.25, 0.3) is 11.2 Å². The Morgan fingerprint density at radius 3 is 2.26 bits per heavy atom. The minimum absolute atomic E-state index is 0.0624. The Morgan fingerprint density at radius 1 is 1.16 bits per heavy atom. The summed E-state index contributed by atoms with van der Waals surface area (Å²) in [5.74, 6) is -2.44. The largest absolute Gasteiger partial charge is 0.506 e. The first kappa shape index (κ1) is 21.9. The molecule has 1 aliphatic rings. The number of aliphatic hydroxyl groups is 1. The van der Waals surface area contributed by atoms with Crippen LogP contribution in [0.4, 0.5) is 18.9 Å². The number of halogens is 3. The van der Waals surface area contributed by atoms with Crippen LogP contribution in [0.5, 0.6) is 0 Å². The molecule has 13 heteroatoms. The number of allylic oxidation sites excluding steroid dienone is 1. The molecule has 0 bridgehead atoms. The summed E-state index contributed by atoms with van der Waals surface area (Å²) in [5, 5.41) is 21.5. The number of alkyl halides is 3. The number of nitrogens with zero attached hydrogens (tertiary/aromatic N) is 3. The number of hydrogen-bond donors (Lipinski definition) is 1. The lowest BCUT2D eigenvalue weighted by Crippen LogP contribution is -2.42. The van der Waals surface area contributed by atoms with Crippen molar-refractivity contribution in [2.75, 3.05) is 0 Å². The van der Waals surface area contributed by atoms with Gasteiger partial charge in [0.15, 0.2) is 11.6 Å². The third kappa shape index (κ3) is 3.85. The molecule has 31 heavy (non-hydrogen) atoms. The van der Waals surface area contributed by atoms with E-state index in [9.17, 15) is 47.6 Å². The van der Waals surface area contributed by atoms with Gasteiger partial charge in [-0.25, -0.2) is 4.79 Å². The average molecular weight is 441 g/mol. The molecule has 164 valence electrons. The second-order valence-corrected chi connectivity index (χ2v) is 6.92. The molecule has 10 nitrogen and oxygen atoms in total. The van der Waals surface area contributed by atoms with Crippen LogP contribution < -0.4 is 11.2 Å². The van der Waals surface area contributed by atoms with Gasteiger partial charge < -0.3 is 5.11 Å². The number of aryl methyl sites for hydroxylation is 1. The van der Waals surface area contributed by atoms with Gasteiger partial charge in [-0.1, -0.05) is 0 Å². The van der Waals surface area contributed by atoms with Crippen molar-refractivity contribution in [1.29, 1.82) is 0 Å². The number of hydrogen-bond acceptors (Lipinski definition) is 7. The monoisotopic (exact) mass is 441 g/mol. The smallest absolute Gasteiger partial charge is 0.406 e. The van der Waals surface area contributed by atoms with Crippen LogP contribution in [0.3, 0.4) is 0 Å². The van der Waals surface area contributed by atoms with E-state index in [0.29, 0.717) is 10.6 Å². The van der Waals surface area contributed by atoms with E-state index < -0.39 is 68.4 Å². The van der Waals surface area contributed by atoms with Gasteiger partial charge in [-0.05, 0) is 12.5 Å². The fourth-order valence-electron chi connectivity index (χ4n) is 3.42. The highest BCUT2D eigenvalue weighted by molar-refractivity contribution is 6.26. The maximum Gasteiger partial charge on any atom is 0.406 e. The highest BCUT2D eigenvalue weighted by Crippen LogP contribution is 2.32. The zero-order chi connectivity index (χ0) is 23.2. The Bertz CT molecular complexity index is 1280. The summed E-state index contributed by atoms with van der Waals surface area (Å²) >= 11 is 0. The van der Waals surface area contributed by atoms with Crippen LogP contribution in [-0.4, -0.2) is 36.9 Å². The van der Waals surface area contributed by atoms with Crippen molar-refractivity contribution in [2.24, 2.45) is 7.05 Å². The van der Waals surface area contributed by atoms with E-state index in [1.807, 2.05) is 0 Å². The zero-order valence-electron chi connectivity index (χ0n) is 15.9. The van der Waals surface area contributed by atoms with Crippen molar-refractivity contribution >= 4 is 33.9 Å². The Hall–Kier alpha value is -3.77. The van der Waals surface area contributed by atoms with Crippen molar-refractivity contribution in [2.45, 2.75) is 32.0 Å². The van der Waals surface area contributed by atoms with Crippen molar-refractivity contribution in [3.63, 3.8) is 0 Å². The Labute approximate surface area is 170 Å². The molecule has 0 radical (unpaired) electrons. The number of nitro groups is 1. The second-order valence-electron chi connectivity index (χ2n) is 6.92. The molecule has 1 aliphatic carbocycles. The molecule has 1 saturated carbocycles. The summed E-state index contributed by atoms with van der Waals surface area (Å²) in [6.07, 6.45) is -4.78. The fourth-order valence-corrected chi connectivity index (χ4v) is 3.42. The predicted molar refractivity (Wildman–Crippen MR) is 99.6 cm³/mol. The maximum atomic E-state index is 12.8. The SMILES string of the molecule is Cn1c(=O)n(CC(F)(F)F)c(=O)c2cc([N+](=O)[O-])c(C(O)=C3C(=O)CCCC3=O)cc21. The summed E-state index contributed by atoms with van der Waals surface area (Å²) in [6, 6.07) is 1.43. The molecule has 1 aromatic heterocycles. The number of aromatic nitrogens is 2. The molecule has 0 unspecified atom stereocenters. The van der Waals surface area contributed by atoms with Crippen LogP contribution >= 0.6 is 0 Å². The van der Waals surface area contributed by atoms with Gasteiger partial charge in [-0.3, -0.25) is 33.6 Å². The average Bonchev–Trinajstić information content (AvgIpc) is 2.67. The summed E-state index contributed by atoms with van der Waals surface area (Å²) in [6.45, 7) is -1.90. The van der Waals surface area contributed by atoms with E-state index in [1.54, 1.807) is 0 Å². The lowest BCUT2D eigenvalue weighted by atomic mass is 9.89. The van der Waals surface area contributed by atoms with Crippen molar-refractivity contribution < 1.29 is 32.8 Å². The van der Waals surface area contributed by atoms with E-state index in [0.717, 1.165) is 13.1 Å². The lowest BCUT2D eigenvalue weighted by molar-refractivity contribution is -0.385. The van der Waals surface area contributed by atoms with Gasteiger partial charge in [0.2, 0.25) is 0 Å². The minimum Gasteiger partial charge on any atom is -0.506 e. The fraction of sp³-hybridized carbons (Fsp3) is 0.333. The first-order valence-corrected chi connectivity index (χ1v) is 8.82. The molecule has 0 aliphatic heterocycles. The summed E-state index contributed by atoms with van der Waals surface area (Å²) < 4.78 is 38.9. The number of carbonyl (C=O) groups is 2. The quantitative estimate of drug-likeness (QED) is 0.251.